The van der Waals surface area contributed by atoms with E-state index in [1.807, 2.05) is 43.3 Å². The fourth-order valence-electron chi connectivity index (χ4n) is 4.79. The van der Waals surface area contributed by atoms with Crippen molar-refractivity contribution in [1.82, 2.24) is 10.2 Å². The highest BCUT2D eigenvalue weighted by Crippen LogP contribution is 2.27. The van der Waals surface area contributed by atoms with Crippen molar-refractivity contribution in [2.24, 2.45) is 0 Å². The van der Waals surface area contributed by atoms with Crippen molar-refractivity contribution in [2.75, 3.05) is 10.8 Å². The van der Waals surface area contributed by atoms with Crippen molar-refractivity contribution >= 4 is 39.1 Å². The second-order valence-electron chi connectivity index (χ2n) is 10.8. The number of carbonyl (C=O) groups is 2. The van der Waals surface area contributed by atoms with Crippen LogP contribution in [0.15, 0.2) is 108 Å². The standard InChI is InChI=1S/C34H35ClFN3O4S/c1-24(2)37-34(41)32(21-26-11-5-4-6-12-26)38(22-27-13-7-8-15-31(27)36)33(40)23-39(29-14-9-10-25(3)20-29)44(42,43)30-18-16-28(35)17-19-30/h4-20,24,32H,21-23H2,1-3H3,(H,37,41). The summed E-state index contributed by atoms with van der Waals surface area (Å²) in [5, 5.41) is 3.24. The van der Waals surface area contributed by atoms with E-state index in [-0.39, 0.29) is 35.2 Å². The molecule has 0 aromatic heterocycles. The van der Waals surface area contributed by atoms with Gasteiger partial charge in [-0.3, -0.25) is 13.9 Å². The van der Waals surface area contributed by atoms with Crippen LogP contribution in [0, 0.1) is 12.7 Å². The van der Waals surface area contributed by atoms with Gasteiger partial charge < -0.3 is 10.2 Å². The summed E-state index contributed by atoms with van der Waals surface area (Å²) < 4.78 is 44.1. The van der Waals surface area contributed by atoms with Crippen molar-refractivity contribution in [3.63, 3.8) is 0 Å². The average molecular weight is 636 g/mol. The zero-order chi connectivity index (χ0) is 31.9. The van der Waals surface area contributed by atoms with Gasteiger partial charge in [0.25, 0.3) is 10.0 Å². The molecule has 0 heterocycles. The second-order valence-corrected chi connectivity index (χ2v) is 13.1. The van der Waals surface area contributed by atoms with Crippen molar-refractivity contribution in [3.8, 4) is 0 Å². The maximum absolute atomic E-state index is 15.0. The molecule has 4 aromatic carbocycles. The van der Waals surface area contributed by atoms with Gasteiger partial charge in [-0.2, -0.15) is 0 Å². The Hall–Kier alpha value is -4.21. The first kappa shape index (κ1) is 32.7. The van der Waals surface area contributed by atoms with Gasteiger partial charge in [0.15, 0.2) is 0 Å². The molecule has 0 aliphatic heterocycles. The molecule has 0 radical (unpaired) electrons. The molecule has 1 unspecified atom stereocenters. The van der Waals surface area contributed by atoms with Crippen LogP contribution < -0.4 is 9.62 Å². The largest absolute Gasteiger partial charge is 0.352 e. The molecule has 4 aromatic rings. The van der Waals surface area contributed by atoms with Gasteiger partial charge in [-0.25, -0.2) is 12.8 Å². The highest BCUT2D eigenvalue weighted by Gasteiger charge is 2.35. The molecule has 4 rings (SSSR count). The lowest BCUT2D eigenvalue weighted by Gasteiger charge is -2.34. The first-order valence-corrected chi connectivity index (χ1v) is 16.0. The average Bonchev–Trinajstić information content (AvgIpc) is 2.98. The van der Waals surface area contributed by atoms with E-state index in [4.69, 9.17) is 11.6 Å². The molecule has 230 valence electrons. The third-order valence-electron chi connectivity index (χ3n) is 6.97. The van der Waals surface area contributed by atoms with Gasteiger partial charge in [-0.05, 0) is 74.4 Å². The molecule has 44 heavy (non-hydrogen) atoms. The van der Waals surface area contributed by atoms with E-state index in [1.165, 1.54) is 47.4 Å². The molecule has 0 fully saturated rings. The predicted molar refractivity (Wildman–Crippen MR) is 171 cm³/mol. The fourth-order valence-corrected chi connectivity index (χ4v) is 6.32. The Morgan fingerprint density at radius 1 is 0.886 bits per heavy atom. The van der Waals surface area contributed by atoms with Gasteiger partial charge in [-0.1, -0.05) is 72.3 Å². The number of amides is 2. The molecule has 2 amide bonds. The van der Waals surface area contributed by atoms with Gasteiger partial charge in [0, 0.05) is 29.6 Å². The van der Waals surface area contributed by atoms with Crippen LogP contribution in [0.25, 0.3) is 0 Å². The number of halogens is 2. The normalized spacial score (nSPS) is 12.0. The van der Waals surface area contributed by atoms with E-state index < -0.39 is 40.2 Å². The molecule has 0 aliphatic rings. The number of carbonyl (C=O) groups excluding carboxylic acids is 2. The van der Waals surface area contributed by atoms with Gasteiger partial charge >= 0.3 is 0 Å². The smallest absolute Gasteiger partial charge is 0.264 e. The van der Waals surface area contributed by atoms with Crippen LogP contribution in [0.4, 0.5) is 10.1 Å². The van der Waals surface area contributed by atoms with Crippen molar-refractivity contribution in [3.05, 3.63) is 131 Å². The summed E-state index contributed by atoms with van der Waals surface area (Å²) in [4.78, 5) is 29.3. The Morgan fingerprint density at radius 2 is 1.55 bits per heavy atom. The quantitative estimate of drug-likeness (QED) is 0.202. The van der Waals surface area contributed by atoms with Crippen LogP contribution >= 0.6 is 11.6 Å². The fraction of sp³-hybridized carbons (Fsp3) is 0.235. The summed E-state index contributed by atoms with van der Waals surface area (Å²) in [6.07, 6.45) is 0.133. The van der Waals surface area contributed by atoms with Crippen LogP contribution in [0.5, 0.6) is 0 Å². The summed E-state index contributed by atoms with van der Waals surface area (Å²) in [6, 6.07) is 26.3. The molecule has 0 saturated carbocycles. The Bertz CT molecular complexity index is 1700. The van der Waals surface area contributed by atoms with Crippen LogP contribution in [-0.4, -0.2) is 43.8 Å². The highest BCUT2D eigenvalue weighted by atomic mass is 35.5. The number of nitrogens with zero attached hydrogens (tertiary/aromatic N) is 2. The third kappa shape index (κ3) is 8.24. The number of nitrogens with one attached hydrogen (secondary N) is 1. The van der Waals surface area contributed by atoms with Gasteiger partial charge in [0.05, 0.1) is 10.6 Å². The van der Waals surface area contributed by atoms with Crippen LogP contribution in [0.3, 0.4) is 0 Å². The molecule has 1 N–H and O–H groups in total. The molecular weight excluding hydrogens is 601 g/mol. The van der Waals surface area contributed by atoms with E-state index in [9.17, 15) is 22.4 Å². The summed E-state index contributed by atoms with van der Waals surface area (Å²) >= 11 is 6.02. The van der Waals surface area contributed by atoms with Crippen LogP contribution in [0.1, 0.15) is 30.5 Å². The lowest BCUT2D eigenvalue weighted by atomic mass is 10.0. The summed E-state index contributed by atoms with van der Waals surface area (Å²) in [7, 11) is -4.27. The van der Waals surface area contributed by atoms with Crippen molar-refractivity contribution in [2.45, 2.75) is 50.7 Å². The molecule has 0 aliphatic carbocycles. The molecule has 0 saturated heterocycles. The molecular formula is C34H35ClFN3O4S. The highest BCUT2D eigenvalue weighted by molar-refractivity contribution is 7.92. The van der Waals surface area contributed by atoms with Gasteiger partial charge in [-0.15, -0.1) is 0 Å². The lowest BCUT2D eigenvalue weighted by Crippen LogP contribution is -2.54. The minimum absolute atomic E-state index is 0.0600. The Morgan fingerprint density at radius 3 is 2.18 bits per heavy atom. The maximum atomic E-state index is 15.0. The molecule has 0 spiro atoms. The summed E-state index contributed by atoms with van der Waals surface area (Å²) in [5.41, 5.74) is 2.03. The lowest BCUT2D eigenvalue weighted by molar-refractivity contribution is -0.140. The van der Waals surface area contributed by atoms with Crippen LogP contribution in [0.2, 0.25) is 5.02 Å². The molecule has 0 bridgehead atoms. The van der Waals surface area contributed by atoms with E-state index >= 15 is 0 Å². The first-order chi connectivity index (χ1) is 21.0. The zero-order valence-corrected chi connectivity index (χ0v) is 26.4. The summed E-state index contributed by atoms with van der Waals surface area (Å²) in [6.45, 7) is 4.53. The number of sulfonamides is 1. The minimum Gasteiger partial charge on any atom is -0.352 e. The second kappa shape index (κ2) is 14.5. The molecule has 1 atom stereocenters. The number of hydrogen-bond donors (Lipinski definition) is 1. The summed E-state index contributed by atoms with van der Waals surface area (Å²) in [5.74, 6) is -1.65. The number of anilines is 1. The topological polar surface area (TPSA) is 86.8 Å². The number of hydrogen-bond acceptors (Lipinski definition) is 4. The van der Waals surface area contributed by atoms with E-state index in [2.05, 4.69) is 5.32 Å². The number of rotatable bonds is 12. The SMILES string of the molecule is Cc1cccc(N(CC(=O)N(Cc2ccccc2F)C(Cc2ccccc2)C(=O)NC(C)C)S(=O)(=O)c2ccc(Cl)cc2)c1. The minimum atomic E-state index is -4.27. The Balaban J connectivity index is 1.82. The number of aryl methyl sites for hydroxylation is 1. The van der Waals surface area contributed by atoms with E-state index in [1.54, 1.807) is 38.1 Å². The molecule has 10 heteroatoms. The monoisotopic (exact) mass is 635 g/mol. The van der Waals surface area contributed by atoms with E-state index in [0.717, 1.165) is 15.4 Å². The van der Waals surface area contributed by atoms with Gasteiger partial charge in [0.1, 0.15) is 18.4 Å². The first-order valence-electron chi connectivity index (χ1n) is 14.2. The maximum Gasteiger partial charge on any atom is 0.264 e. The number of benzene rings is 4. The Labute approximate surface area is 263 Å². The predicted octanol–water partition coefficient (Wildman–Crippen LogP) is 6.15. The zero-order valence-electron chi connectivity index (χ0n) is 24.8. The van der Waals surface area contributed by atoms with Crippen molar-refractivity contribution < 1.29 is 22.4 Å². The van der Waals surface area contributed by atoms with Gasteiger partial charge in [0.2, 0.25) is 11.8 Å². The van der Waals surface area contributed by atoms with E-state index in [0.29, 0.717) is 5.02 Å². The Kier molecular flexibility index (Phi) is 10.8. The van der Waals surface area contributed by atoms with Crippen molar-refractivity contribution in [1.29, 1.82) is 0 Å². The third-order valence-corrected chi connectivity index (χ3v) is 9.01. The molecule has 7 nitrogen and oxygen atoms in total. The van der Waals surface area contributed by atoms with Crippen LogP contribution in [-0.2, 0) is 32.6 Å².